The van der Waals surface area contributed by atoms with Crippen molar-refractivity contribution >= 4 is 15.9 Å². The fourth-order valence-corrected chi connectivity index (χ4v) is 3.15. The van der Waals surface area contributed by atoms with Crippen LogP contribution in [0.25, 0.3) is 0 Å². The Bertz CT molecular complexity index is 905. The standard InChI is InChI=1S/C13H11F3N4O3S/c14-13(15,16)12-3-5-19(18-12)8-9-1-2-10(11(21)7-9)20-6-4-17-24(20,22)23/h1-7,17,21H,8H2. The zero-order valence-corrected chi connectivity index (χ0v) is 12.7. The number of benzene rings is 1. The molecule has 0 unspecified atom stereocenters. The first-order valence-electron chi connectivity index (χ1n) is 6.58. The highest BCUT2D eigenvalue weighted by atomic mass is 32.2. The minimum atomic E-state index is -4.53. The number of rotatable bonds is 3. The van der Waals surface area contributed by atoms with Crippen LogP contribution in [0, 0.1) is 0 Å². The molecule has 128 valence electrons. The van der Waals surface area contributed by atoms with E-state index in [0.29, 0.717) is 5.56 Å². The van der Waals surface area contributed by atoms with Gasteiger partial charge in [-0.15, -0.1) is 0 Å². The fraction of sp³-hybridized carbons (Fsp3) is 0.154. The molecule has 24 heavy (non-hydrogen) atoms. The highest BCUT2D eigenvalue weighted by Crippen LogP contribution is 2.32. The number of aromatic nitrogens is 2. The summed E-state index contributed by atoms with van der Waals surface area (Å²) in [6, 6.07) is 4.97. The molecule has 0 bridgehead atoms. The summed E-state index contributed by atoms with van der Waals surface area (Å²) < 4.78 is 65.0. The molecule has 1 aromatic heterocycles. The monoisotopic (exact) mass is 360 g/mol. The first-order chi connectivity index (χ1) is 11.2. The molecule has 1 aliphatic rings. The van der Waals surface area contributed by atoms with Gasteiger partial charge in [-0.25, -0.2) is 4.31 Å². The van der Waals surface area contributed by atoms with Gasteiger partial charge in [-0.1, -0.05) is 6.07 Å². The van der Waals surface area contributed by atoms with E-state index >= 15 is 0 Å². The van der Waals surface area contributed by atoms with Crippen molar-refractivity contribution in [2.24, 2.45) is 0 Å². The molecule has 0 fully saturated rings. The number of halogens is 3. The maximum Gasteiger partial charge on any atom is 0.435 e. The molecule has 0 atom stereocenters. The molecule has 1 aliphatic heterocycles. The molecule has 0 aliphatic carbocycles. The van der Waals surface area contributed by atoms with Crippen molar-refractivity contribution in [1.82, 2.24) is 14.5 Å². The van der Waals surface area contributed by atoms with Gasteiger partial charge in [0.2, 0.25) is 0 Å². The Morgan fingerprint density at radius 2 is 2.00 bits per heavy atom. The lowest BCUT2D eigenvalue weighted by molar-refractivity contribution is -0.141. The van der Waals surface area contributed by atoms with Crippen LogP contribution in [-0.4, -0.2) is 23.3 Å². The van der Waals surface area contributed by atoms with Crippen LogP contribution < -0.4 is 9.03 Å². The Labute approximate surface area is 134 Å². The number of phenolic OH excluding ortho intramolecular Hbond substituents is 1. The Morgan fingerprint density at radius 1 is 1.25 bits per heavy atom. The van der Waals surface area contributed by atoms with E-state index in [4.69, 9.17) is 0 Å². The fourth-order valence-electron chi connectivity index (χ4n) is 2.17. The topological polar surface area (TPSA) is 87.5 Å². The van der Waals surface area contributed by atoms with Gasteiger partial charge in [0.25, 0.3) is 0 Å². The molecule has 2 N–H and O–H groups in total. The second kappa shape index (κ2) is 5.44. The van der Waals surface area contributed by atoms with Gasteiger partial charge >= 0.3 is 16.4 Å². The molecule has 3 rings (SSSR count). The van der Waals surface area contributed by atoms with Gasteiger partial charge in [-0.3, -0.25) is 9.40 Å². The maximum absolute atomic E-state index is 12.5. The molecule has 0 amide bonds. The normalized spacial score (nSPS) is 16.4. The Kier molecular flexibility index (Phi) is 3.67. The van der Waals surface area contributed by atoms with Crippen molar-refractivity contribution < 1.29 is 26.7 Å². The van der Waals surface area contributed by atoms with Crippen LogP contribution in [0.4, 0.5) is 18.9 Å². The zero-order valence-electron chi connectivity index (χ0n) is 11.9. The molecule has 2 aromatic rings. The lowest BCUT2D eigenvalue weighted by Gasteiger charge is -2.16. The van der Waals surface area contributed by atoms with E-state index in [9.17, 15) is 26.7 Å². The van der Waals surface area contributed by atoms with Crippen LogP contribution in [-0.2, 0) is 22.9 Å². The maximum atomic E-state index is 12.5. The smallest absolute Gasteiger partial charge is 0.435 e. The number of aromatic hydroxyl groups is 1. The second-order valence-electron chi connectivity index (χ2n) is 4.95. The summed E-state index contributed by atoms with van der Waals surface area (Å²) >= 11 is 0. The van der Waals surface area contributed by atoms with Crippen LogP contribution in [0.1, 0.15) is 11.3 Å². The van der Waals surface area contributed by atoms with E-state index in [1.807, 2.05) is 0 Å². The van der Waals surface area contributed by atoms with Gasteiger partial charge in [0.15, 0.2) is 5.69 Å². The molecular weight excluding hydrogens is 349 g/mol. The SMILES string of the molecule is O=S1(=O)NC=CN1c1ccc(Cn2ccc(C(F)(F)F)n2)cc1O. The van der Waals surface area contributed by atoms with Gasteiger partial charge in [-0.05, 0) is 23.8 Å². The second-order valence-corrected chi connectivity index (χ2v) is 6.53. The van der Waals surface area contributed by atoms with Crippen molar-refractivity contribution in [1.29, 1.82) is 0 Å². The van der Waals surface area contributed by atoms with Crippen LogP contribution in [0.2, 0.25) is 0 Å². The molecule has 0 spiro atoms. The Balaban J connectivity index is 1.83. The van der Waals surface area contributed by atoms with E-state index in [-0.39, 0.29) is 18.0 Å². The van der Waals surface area contributed by atoms with Crippen molar-refractivity contribution in [3.63, 3.8) is 0 Å². The summed E-state index contributed by atoms with van der Waals surface area (Å²) in [5.74, 6) is -0.326. The average molecular weight is 360 g/mol. The first-order valence-corrected chi connectivity index (χ1v) is 8.02. The van der Waals surface area contributed by atoms with E-state index < -0.39 is 22.1 Å². The molecule has 0 radical (unpaired) electrons. The average Bonchev–Trinajstić information content (AvgIpc) is 3.05. The summed E-state index contributed by atoms with van der Waals surface area (Å²) in [4.78, 5) is 0. The van der Waals surface area contributed by atoms with Gasteiger partial charge in [-0.2, -0.15) is 26.7 Å². The number of alkyl halides is 3. The minimum absolute atomic E-state index is 0.00917. The molecule has 0 saturated carbocycles. The van der Waals surface area contributed by atoms with Crippen LogP contribution in [0.15, 0.2) is 42.9 Å². The summed E-state index contributed by atoms with van der Waals surface area (Å²) in [6.07, 6.45) is -0.926. The lowest BCUT2D eigenvalue weighted by atomic mass is 10.2. The largest absolute Gasteiger partial charge is 0.506 e. The van der Waals surface area contributed by atoms with E-state index in [1.165, 1.54) is 36.8 Å². The molecule has 0 saturated heterocycles. The number of hydrogen-bond acceptors (Lipinski definition) is 4. The van der Waals surface area contributed by atoms with Crippen molar-refractivity contribution in [2.45, 2.75) is 12.7 Å². The van der Waals surface area contributed by atoms with Gasteiger partial charge in [0, 0.05) is 18.6 Å². The predicted octanol–water partition coefficient (Wildman–Crippen LogP) is 1.78. The Morgan fingerprint density at radius 3 is 2.54 bits per heavy atom. The third kappa shape index (κ3) is 3.02. The third-order valence-corrected chi connectivity index (χ3v) is 4.51. The van der Waals surface area contributed by atoms with Gasteiger partial charge in [0.05, 0.1) is 12.2 Å². The van der Waals surface area contributed by atoms with Crippen molar-refractivity contribution in [2.75, 3.05) is 4.31 Å². The highest BCUT2D eigenvalue weighted by Gasteiger charge is 2.33. The summed E-state index contributed by atoms with van der Waals surface area (Å²) in [7, 11) is -3.78. The number of hydrogen-bond donors (Lipinski definition) is 2. The molecular formula is C13H11F3N4O3S. The Hall–Kier alpha value is -2.69. The number of anilines is 1. The van der Waals surface area contributed by atoms with E-state index in [1.54, 1.807) is 0 Å². The quantitative estimate of drug-likeness (QED) is 0.874. The van der Waals surface area contributed by atoms with Gasteiger partial charge in [0.1, 0.15) is 5.75 Å². The molecule has 1 aromatic carbocycles. The summed E-state index contributed by atoms with van der Waals surface area (Å²) in [5.41, 5.74) is -0.527. The number of nitrogens with zero attached hydrogens (tertiary/aromatic N) is 3. The summed E-state index contributed by atoms with van der Waals surface area (Å²) in [6.45, 7) is -0.00917. The van der Waals surface area contributed by atoms with Crippen LogP contribution >= 0.6 is 0 Å². The highest BCUT2D eigenvalue weighted by molar-refractivity contribution is 7.91. The van der Waals surface area contributed by atoms with E-state index in [2.05, 4.69) is 9.82 Å². The predicted molar refractivity (Wildman–Crippen MR) is 78.1 cm³/mol. The zero-order chi connectivity index (χ0) is 17.5. The number of nitrogens with one attached hydrogen (secondary N) is 1. The molecule has 11 heteroatoms. The van der Waals surface area contributed by atoms with E-state index in [0.717, 1.165) is 15.1 Å². The van der Waals surface area contributed by atoms with Gasteiger partial charge < -0.3 is 5.11 Å². The molecule has 7 nitrogen and oxygen atoms in total. The first kappa shape index (κ1) is 16.2. The van der Waals surface area contributed by atoms with Crippen LogP contribution in [0.5, 0.6) is 5.75 Å². The third-order valence-electron chi connectivity index (χ3n) is 3.24. The number of phenols is 1. The lowest BCUT2D eigenvalue weighted by Crippen LogP contribution is -2.28. The minimum Gasteiger partial charge on any atom is -0.506 e. The van der Waals surface area contributed by atoms with Crippen molar-refractivity contribution in [3.05, 3.63) is 54.1 Å². The van der Waals surface area contributed by atoms with Crippen LogP contribution in [0.3, 0.4) is 0 Å². The molecule has 2 heterocycles. The summed E-state index contributed by atoms with van der Waals surface area (Å²) in [5, 5.41) is 13.4. The van der Waals surface area contributed by atoms with Crippen molar-refractivity contribution in [3.8, 4) is 5.75 Å².